The first-order valence-corrected chi connectivity index (χ1v) is 8.56. The second-order valence-electron chi connectivity index (χ2n) is 7.02. The van der Waals surface area contributed by atoms with E-state index in [-0.39, 0.29) is 5.92 Å². The van der Waals surface area contributed by atoms with Crippen LogP contribution in [0.4, 0.5) is 0 Å². The van der Waals surface area contributed by atoms with Crippen LogP contribution in [0.5, 0.6) is 0 Å². The lowest BCUT2D eigenvalue weighted by Gasteiger charge is -2.34. The number of hydrogen-bond donors (Lipinski definition) is 2. The molecule has 0 spiro atoms. The van der Waals surface area contributed by atoms with Crippen LogP contribution in [-0.2, 0) is 4.79 Å². The molecule has 0 aromatic carbocycles. The van der Waals surface area contributed by atoms with E-state index in [0.717, 1.165) is 12.8 Å². The summed E-state index contributed by atoms with van der Waals surface area (Å²) < 4.78 is 0. The topological polar surface area (TPSA) is 57.5 Å². The Morgan fingerprint density at radius 1 is 1.45 bits per heavy atom. The molecule has 5 unspecified atom stereocenters. The summed E-state index contributed by atoms with van der Waals surface area (Å²) in [5, 5.41) is 18.3. The fourth-order valence-corrected chi connectivity index (χ4v) is 3.68. The third kappa shape index (κ3) is 5.60. The average Bonchev–Trinajstić information content (AvgIpc) is 2.48. The summed E-state index contributed by atoms with van der Waals surface area (Å²) in [5.41, 5.74) is 1.50. The smallest absolute Gasteiger partial charge is 0.332 e. The molecule has 0 heterocycles. The number of rotatable bonds is 9. The summed E-state index contributed by atoms with van der Waals surface area (Å²) in [4.78, 5) is 10.7. The van der Waals surface area contributed by atoms with Gasteiger partial charge in [0, 0.05) is 0 Å². The molecule has 0 bridgehead atoms. The van der Waals surface area contributed by atoms with Crippen LogP contribution in [0.1, 0.15) is 59.3 Å². The second kappa shape index (κ2) is 9.14. The zero-order chi connectivity index (χ0) is 16.7. The van der Waals surface area contributed by atoms with Crippen molar-refractivity contribution in [3.05, 3.63) is 24.3 Å². The van der Waals surface area contributed by atoms with Crippen molar-refractivity contribution in [2.24, 2.45) is 23.7 Å². The predicted octanol–water partition coefficient (Wildman–Crippen LogP) is 4.42. The molecule has 0 saturated carbocycles. The second-order valence-corrected chi connectivity index (χ2v) is 7.02. The Kier molecular flexibility index (Phi) is 7.88. The van der Waals surface area contributed by atoms with Crippen LogP contribution in [-0.4, -0.2) is 22.3 Å². The molecule has 3 heteroatoms. The van der Waals surface area contributed by atoms with Gasteiger partial charge in [-0.2, -0.15) is 0 Å². The molecule has 0 amide bonds. The van der Waals surface area contributed by atoms with Crippen molar-refractivity contribution in [3.63, 3.8) is 0 Å². The first-order chi connectivity index (χ1) is 10.4. The van der Waals surface area contributed by atoms with Crippen molar-refractivity contribution in [2.75, 3.05) is 0 Å². The standard InChI is InChI=1S/C19H32O3/c1-5-14(3)17(16-9-7-6-8-15(16)4)11-10-13(2)12-18(20)19(21)22/h5,8,13-14,16-18,20H,1,6-7,9-12H2,2-4H3,(H,21,22). The van der Waals surface area contributed by atoms with Gasteiger partial charge in [-0.05, 0) is 62.7 Å². The molecule has 1 rings (SSSR count). The van der Waals surface area contributed by atoms with Gasteiger partial charge in [-0.1, -0.05) is 38.0 Å². The van der Waals surface area contributed by atoms with E-state index in [1.165, 1.54) is 24.8 Å². The number of carboxylic acid groups (broad SMARTS) is 1. The summed E-state index contributed by atoms with van der Waals surface area (Å²) in [5.74, 6) is 0.757. The Morgan fingerprint density at radius 2 is 2.14 bits per heavy atom. The van der Waals surface area contributed by atoms with Crippen LogP contribution >= 0.6 is 0 Å². The molecular formula is C19H32O3. The first kappa shape index (κ1) is 19.0. The van der Waals surface area contributed by atoms with E-state index in [9.17, 15) is 9.90 Å². The molecule has 0 aromatic heterocycles. The number of carboxylic acids is 1. The van der Waals surface area contributed by atoms with Gasteiger partial charge in [0.1, 0.15) is 0 Å². The molecule has 0 radical (unpaired) electrons. The van der Waals surface area contributed by atoms with Gasteiger partial charge in [-0.25, -0.2) is 4.79 Å². The van der Waals surface area contributed by atoms with E-state index >= 15 is 0 Å². The van der Waals surface area contributed by atoms with Gasteiger partial charge in [-0.3, -0.25) is 0 Å². The van der Waals surface area contributed by atoms with Crippen molar-refractivity contribution in [1.82, 2.24) is 0 Å². The van der Waals surface area contributed by atoms with Gasteiger partial charge >= 0.3 is 5.97 Å². The zero-order valence-corrected chi connectivity index (χ0v) is 14.3. The molecule has 1 aliphatic rings. The highest BCUT2D eigenvalue weighted by atomic mass is 16.4. The summed E-state index contributed by atoms with van der Waals surface area (Å²) >= 11 is 0. The number of aliphatic hydroxyl groups is 1. The highest BCUT2D eigenvalue weighted by Crippen LogP contribution is 2.38. The minimum Gasteiger partial charge on any atom is -0.479 e. The van der Waals surface area contributed by atoms with E-state index in [2.05, 4.69) is 26.5 Å². The van der Waals surface area contributed by atoms with Crippen LogP contribution in [0.25, 0.3) is 0 Å². The first-order valence-electron chi connectivity index (χ1n) is 8.56. The number of carbonyl (C=O) groups is 1. The quantitative estimate of drug-likeness (QED) is 0.620. The summed E-state index contributed by atoms with van der Waals surface area (Å²) in [6.07, 6.45) is 9.24. The Bertz CT molecular complexity index is 399. The van der Waals surface area contributed by atoms with Crippen LogP contribution in [0.3, 0.4) is 0 Å². The van der Waals surface area contributed by atoms with Gasteiger partial charge in [0.05, 0.1) is 0 Å². The molecule has 0 saturated heterocycles. The molecule has 0 aromatic rings. The minimum atomic E-state index is -1.23. The Balaban J connectivity index is 2.62. The SMILES string of the molecule is C=CC(C)C(CCC(C)CC(O)C(=O)O)C1CCCC=C1C. The molecule has 1 aliphatic carbocycles. The Hall–Kier alpha value is -1.09. The van der Waals surface area contributed by atoms with Gasteiger partial charge in [0.2, 0.25) is 0 Å². The molecule has 0 aliphatic heterocycles. The zero-order valence-electron chi connectivity index (χ0n) is 14.3. The summed E-state index contributed by atoms with van der Waals surface area (Å²) in [6.45, 7) is 10.5. The van der Waals surface area contributed by atoms with Crippen molar-refractivity contribution >= 4 is 5.97 Å². The molecule has 2 N–H and O–H groups in total. The highest BCUT2D eigenvalue weighted by molar-refractivity contribution is 5.71. The number of aliphatic hydroxyl groups excluding tert-OH is 1. The van der Waals surface area contributed by atoms with Crippen molar-refractivity contribution < 1.29 is 15.0 Å². The van der Waals surface area contributed by atoms with Gasteiger partial charge < -0.3 is 10.2 Å². The normalized spacial score (nSPS) is 24.0. The van der Waals surface area contributed by atoms with Gasteiger partial charge in [0.15, 0.2) is 6.10 Å². The van der Waals surface area contributed by atoms with E-state index in [4.69, 9.17) is 5.11 Å². The number of aliphatic carboxylic acids is 1. The van der Waals surface area contributed by atoms with Crippen LogP contribution in [0.15, 0.2) is 24.3 Å². The fourth-order valence-electron chi connectivity index (χ4n) is 3.68. The largest absolute Gasteiger partial charge is 0.479 e. The van der Waals surface area contributed by atoms with E-state index in [1.54, 1.807) is 0 Å². The van der Waals surface area contributed by atoms with Gasteiger partial charge in [-0.15, -0.1) is 6.58 Å². The summed E-state index contributed by atoms with van der Waals surface area (Å²) in [7, 11) is 0. The number of allylic oxidation sites excluding steroid dienone is 3. The average molecular weight is 308 g/mol. The molecule has 0 fully saturated rings. The van der Waals surface area contributed by atoms with Crippen LogP contribution in [0.2, 0.25) is 0 Å². The minimum absolute atomic E-state index is 0.221. The van der Waals surface area contributed by atoms with E-state index < -0.39 is 12.1 Å². The summed E-state index contributed by atoms with van der Waals surface area (Å²) in [6, 6.07) is 0. The van der Waals surface area contributed by atoms with Crippen molar-refractivity contribution in [3.8, 4) is 0 Å². The molecule has 126 valence electrons. The maximum atomic E-state index is 10.7. The Morgan fingerprint density at radius 3 is 2.68 bits per heavy atom. The molecule has 5 atom stereocenters. The maximum absolute atomic E-state index is 10.7. The molecule has 3 nitrogen and oxygen atoms in total. The van der Waals surface area contributed by atoms with E-state index in [0.29, 0.717) is 24.2 Å². The van der Waals surface area contributed by atoms with Crippen molar-refractivity contribution in [2.45, 2.75) is 65.4 Å². The third-order valence-electron chi connectivity index (χ3n) is 5.24. The molecular weight excluding hydrogens is 276 g/mol. The van der Waals surface area contributed by atoms with Crippen LogP contribution < -0.4 is 0 Å². The lowest BCUT2D eigenvalue weighted by Crippen LogP contribution is -2.26. The van der Waals surface area contributed by atoms with Gasteiger partial charge in [0.25, 0.3) is 0 Å². The predicted molar refractivity (Wildman–Crippen MR) is 90.6 cm³/mol. The van der Waals surface area contributed by atoms with Crippen molar-refractivity contribution in [1.29, 1.82) is 0 Å². The molecule has 22 heavy (non-hydrogen) atoms. The lowest BCUT2D eigenvalue weighted by molar-refractivity contribution is -0.147. The lowest BCUT2D eigenvalue weighted by atomic mass is 9.71. The Labute approximate surface area is 135 Å². The number of hydrogen-bond acceptors (Lipinski definition) is 2. The monoisotopic (exact) mass is 308 g/mol. The third-order valence-corrected chi connectivity index (χ3v) is 5.24. The highest BCUT2D eigenvalue weighted by Gasteiger charge is 2.28. The maximum Gasteiger partial charge on any atom is 0.332 e. The van der Waals surface area contributed by atoms with Crippen LogP contribution in [0, 0.1) is 23.7 Å². The fraction of sp³-hybridized carbons (Fsp3) is 0.737. The van der Waals surface area contributed by atoms with E-state index in [1.807, 2.05) is 13.0 Å².